The number of hydrogen-bond donors (Lipinski definition) is 1. The predicted molar refractivity (Wildman–Crippen MR) is 118 cm³/mol. The molecule has 178 valence electrons. The molecule has 0 spiro atoms. The molecule has 0 unspecified atom stereocenters. The first-order valence-electron chi connectivity index (χ1n) is 10.7. The molecule has 1 aromatic carbocycles. The fourth-order valence-corrected chi connectivity index (χ4v) is 4.04. The number of hydrazone groups is 1. The number of rotatable bonds is 3. The van der Waals surface area contributed by atoms with E-state index in [1.54, 1.807) is 22.1 Å². The number of aromatic nitrogens is 5. The number of anilines is 1. The van der Waals surface area contributed by atoms with E-state index in [9.17, 15) is 18.4 Å². The number of aromatic amines is 1. The van der Waals surface area contributed by atoms with Crippen molar-refractivity contribution in [3.05, 3.63) is 64.0 Å². The standard InChI is InChI=1S/C21H18F2N10O2/c22-15-8-13(10-24)7-14(9-15)17-1-2-27-32(17)21(35)31-5-3-30(4-6-31)19-25-11-16(23)18(29-19)33-20(34)26-12-28-33/h2,7-9,11-12,17H,1,3-6H2,(H,26,28,34)/t17-/m0/s1. The molecule has 2 amide bonds. The van der Waals surface area contributed by atoms with E-state index in [4.69, 9.17) is 5.26 Å². The second-order valence-electron chi connectivity index (χ2n) is 7.88. The average Bonchev–Trinajstić information content (AvgIpc) is 3.53. The van der Waals surface area contributed by atoms with Gasteiger partial charge in [0, 0.05) is 38.8 Å². The Morgan fingerprint density at radius 2 is 1.97 bits per heavy atom. The molecule has 0 bridgehead atoms. The summed E-state index contributed by atoms with van der Waals surface area (Å²) >= 11 is 0. The molecule has 1 atom stereocenters. The second kappa shape index (κ2) is 8.93. The number of nitriles is 1. The quantitative estimate of drug-likeness (QED) is 0.594. The lowest BCUT2D eigenvalue weighted by Crippen LogP contribution is -2.52. The van der Waals surface area contributed by atoms with Crippen LogP contribution in [-0.2, 0) is 0 Å². The van der Waals surface area contributed by atoms with Crippen LogP contribution in [0.1, 0.15) is 23.6 Å². The highest BCUT2D eigenvalue weighted by molar-refractivity contribution is 5.78. The zero-order valence-electron chi connectivity index (χ0n) is 18.2. The normalized spacial score (nSPS) is 17.6. The highest BCUT2D eigenvalue weighted by Crippen LogP contribution is 2.30. The van der Waals surface area contributed by atoms with E-state index in [0.717, 1.165) is 23.3 Å². The van der Waals surface area contributed by atoms with E-state index in [2.05, 4.69) is 25.2 Å². The van der Waals surface area contributed by atoms with Crippen molar-refractivity contribution in [3.63, 3.8) is 0 Å². The number of carbonyl (C=O) groups is 1. The van der Waals surface area contributed by atoms with Gasteiger partial charge in [0.15, 0.2) is 11.6 Å². The van der Waals surface area contributed by atoms with Crippen LogP contribution in [0, 0.1) is 23.0 Å². The summed E-state index contributed by atoms with van der Waals surface area (Å²) < 4.78 is 29.0. The topological polar surface area (TPSA) is 139 Å². The Morgan fingerprint density at radius 1 is 1.17 bits per heavy atom. The van der Waals surface area contributed by atoms with Crippen molar-refractivity contribution < 1.29 is 13.6 Å². The molecule has 14 heteroatoms. The first-order valence-corrected chi connectivity index (χ1v) is 10.7. The number of hydrogen-bond acceptors (Lipinski definition) is 8. The maximum atomic E-state index is 14.2. The van der Waals surface area contributed by atoms with Crippen LogP contribution in [0.3, 0.4) is 0 Å². The highest BCUT2D eigenvalue weighted by atomic mass is 19.1. The summed E-state index contributed by atoms with van der Waals surface area (Å²) in [5, 5.41) is 18.4. The molecule has 2 aliphatic rings. The Balaban J connectivity index is 1.29. The van der Waals surface area contributed by atoms with Crippen molar-refractivity contribution in [2.75, 3.05) is 31.1 Å². The third-order valence-corrected chi connectivity index (χ3v) is 5.76. The van der Waals surface area contributed by atoms with Crippen LogP contribution in [0.15, 0.2) is 40.6 Å². The monoisotopic (exact) mass is 480 g/mol. The van der Waals surface area contributed by atoms with Crippen LogP contribution in [-0.4, -0.2) is 73.1 Å². The van der Waals surface area contributed by atoms with Gasteiger partial charge in [-0.1, -0.05) is 0 Å². The molecular formula is C21H18F2N10O2. The molecule has 0 saturated carbocycles. The number of nitrogens with one attached hydrogen (secondary N) is 1. The van der Waals surface area contributed by atoms with Gasteiger partial charge in [0.1, 0.15) is 12.1 Å². The summed E-state index contributed by atoms with van der Waals surface area (Å²) in [6.45, 7) is 1.32. The maximum absolute atomic E-state index is 14.2. The fourth-order valence-electron chi connectivity index (χ4n) is 4.04. The Hall–Kier alpha value is -4.67. The van der Waals surface area contributed by atoms with E-state index in [0.29, 0.717) is 38.2 Å². The highest BCUT2D eigenvalue weighted by Gasteiger charge is 2.34. The van der Waals surface area contributed by atoms with Crippen molar-refractivity contribution in [1.29, 1.82) is 5.26 Å². The van der Waals surface area contributed by atoms with Crippen LogP contribution < -0.4 is 10.6 Å². The first-order chi connectivity index (χ1) is 16.9. The van der Waals surface area contributed by atoms with Gasteiger partial charge < -0.3 is 9.80 Å². The van der Waals surface area contributed by atoms with Crippen LogP contribution in [0.2, 0.25) is 0 Å². The summed E-state index contributed by atoms with van der Waals surface area (Å²) in [5.41, 5.74) is 0.0282. The van der Waals surface area contributed by atoms with Crippen molar-refractivity contribution >= 4 is 18.2 Å². The number of piperazine rings is 1. The van der Waals surface area contributed by atoms with Gasteiger partial charge in [0.2, 0.25) is 5.95 Å². The number of carbonyl (C=O) groups excluding carboxylic acids is 1. The average molecular weight is 480 g/mol. The molecule has 0 aliphatic carbocycles. The molecule has 1 saturated heterocycles. The van der Waals surface area contributed by atoms with Crippen LogP contribution in [0.25, 0.3) is 5.82 Å². The molecule has 4 heterocycles. The number of H-pyrrole nitrogens is 1. The van der Waals surface area contributed by atoms with Crippen molar-refractivity contribution in [3.8, 4) is 11.9 Å². The van der Waals surface area contributed by atoms with Gasteiger partial charge in [-0.2, -0.15) is 25.1 Å². The SMILES string of the molecule is N#Cc1cc(F)cc([C@@H]2CC=NN2C(=O)N2CCN(c3ncc(F)c(-n4nc[nH]c4=O)n3)CC2)c1. The van der Waals surface area contributed by atoms with Crippen molar-refractivity contribution in [1.82, 2.24) is 34.6 Å². The Kier molecular flexibility index (Phi) is 5.65. The van der Waals surface area contributed by atoms with Crippen LogP contribution in [0.4, 0.5) is 19.5 Å². The van der Waals surface area contributed by atoms with Crippen molar-refractivity contribution in [2.24, 2.45) is 5.10 Å². The van der Waals surface area contributed by atoms with Gasteiger partial charge in [0.05, 0.1) is 23.9 Å². The summed E-state index contributed by atoms with van der Waals surface area (Å²) in [6, 6.07) is 5.04. The Morgan fingerprint density at radius 3 is 2.69 bits per heavy atom. The number of halogens is 2. The van der Waals surface area contributed by atoms with Crippen LogP contribution in [0.5, 0.6) is 0 Å². The van der Waals surface area contributed by atoms with E-state index < -0.39 is 23.4 Å². The zero-order valence-corrected chi connectivity index (χ0v) is 18.2. The summed E-state index contributed by atoms with van der Waals surface area (Å²) in [5.74, 6) is -1.43. The largest absolute Gasteiger partial charge is 0.349 e. The number of urea groups is 1. The second-order valence-corrected chi connectivity index (χ2v) is 7.88. The molecule has 1 fully saturated rings. The smallest absolute Gasteiger partial charge is 0.337 e. The lowest BCUT2D eigenvalue weighted by molar-refractivity contribution is 0.139. The number of amides is 2. The molecule has 3 aromatic rings. The third-order valence-electron chi connectivity index (χ3n) is 5.76. The number of benzene rings is 1. The van der Waals surface area contributed by atoms with Gasteiger partial charge in [-0.25, -0.2) is 28.4 Å². The summed E-state index contributed by atoms with van der Waals surface area (Å²) in [7, 11) is 0. The lowest BCUT2D eigenvalue weighted by atomic mass is 10.0. The van der Waals surface area contributed by atoms with Crippen molar-refractivity contribution in [2.45, 2.75) is 12.5 Å². The van der Waals surface area contributed by atoms with Gasteiger partial charge in [-0.15, -0.1) is 0 Å². The van der Waals surface area contributed by atoms with Gasteiger partial charge in [-0.05, 0) is 23.8 Å². The van der Waals surface area contributed by atoms with Gasteiger partial charge in [0.25, 0.3) is 0 Å². The van der Waals surface area contributed by atoms with Crippen LogP contribution >= 0.6 is 0 Å². The minimum atomic E-state index is -0.799. The maximum Gasteiger partial charge on any atom is 0.349 e. The molecule has 2 aliphatic heterocycles. The molecule has 1 N–H and O–H groups in total. The minimum Gasteiger partial charge on any atom is -0.337 e. The molecule has 0 radical (unpaired) electrons. The van der Waals surface area contributed by atoms with E-state index >= 15 is 0 Å². The minimum absolute atomic E-state index is 0.170. The Bertz CT molecular complexity index is 1400. The third kappa shape index (κ3) is 4.19. The molecule has 12 nitrogen and oxygen atoms in total. The summed E-state index contributed by atoms with van der Waals surface area (Å²) in [6.07, 6.45) is 4.08. The fraction of sp³-hybridized carbons (Fsp3) is 0.286. The summed E-state index contributed by atoms with van der Waals surface area (Å²) in [4.78, 5) is 38.8. The molecular weight excluding hydrogens is 462 g/mol. The predicted octanol–water partition coefficient (Wildman–Crippen LogP) is 1.18. The lowest BCUT2D eigenvalue weighted by Gasteiger charge is -2.37. The molecule has 35 heavy (non-hydrogen) atoms. The van der Waals surface area contributed by atoms with E-state index in [1.807, 2.05) is 6.07 Å². The van der Waals surface area contributed by atoms with Gasteiger partial charge >= 0.3 is 11.7 Å². The Labute approximate surface area is 196 Å². The molecule has 2 aromatic heterocycles. The van der Waals surface area contributed by atoms with E-state index in [1.165, 1.54) is 11.1 Å². The first kappa shape index (κ1) is 22.1. The molecule has 5 rings (SSSR count). The van der Waals surface area contributed by atoms with E-state index in [-0.39, 0.29) is 23.4 Å². The number of nitrogens with zero attached hydrogens (tertiary/aromatic N) is 9. The zero-order chi connectivity index (χ0) is 24.5. The van der Waals surface area contributed by atoms with Gasteiger partial charge in [-0.3, -0.25) is 4.98 Å².